The van der Waals surface area contributed by atoms with E-state index in [0.29, 0.717) is 23.2 Å². The number of nitrogens with one attached hydrogen (secondary N) is 12. The number of hydrogen-bond donors (Lipinski definition) is 18. The number of aliphatic imine (C=N–C) groups is 1. The smallest absolute Gasteiger partial charge is 0.248 e. The van der Waals surface area contributed by atoms with Crippen LogP contribution in [0.2, 0.25) is 0 Å². The highest BCUT2D eigenvalue weighted by atomic mass is 16.3. The van der Waals surface area contributed by atoms with Gasteiger partial charge in [-0.05, 0) is 107 Å². The van der Waals surface area contributed by atoms with Crippen molar-refractivity contribution in [2.24, 2.45) is 45.7 Å². The Morgan fingerprint density at radius 2 is 0.864 bits per heavy atom. The van der Waals surface area contributed by atoms with Crippen LogP contribution < -0.4 is 81.4 Å². The summed E-state index contributed by atoms with van der Waals surface area (Å²) in [6.45, 7) is 12.1. The number of fused-ring (bicyclic) bond motifs is 2. The lowest BCUT2D eigenvalue weighted by atomic mass is 9.95. The van der Waals surface area contributed by atoms with E-state index in [4.69, 9.17) is 22.9 Å². The number of unbranched alkanes of at least 4 members (excludes halogenated alkanes) is 1. The summed E-state index contributed by atoms with van der Waals surface area (Å²) in [7, 11) is 0. The molecule has 36 nitrogen and oxygen atoms in total. The maximum absolute atomic E-state index is 15.2. The van der Waals surface area contributed by atoms with Gasteiger partial charge in [0.2, 0.25) is 82.7 Å². The summed E-state index contributed by atoms with van der Waals surface area (Å²) in [5.74, 6) is -15.6. The molecule has 36 heteroatoms. The second-order valence-corrected chi connectivity index (χ2v) is 29.1. The summed E-state index contributed by atoms with van der Waals surface area (Å²) in [6.07, 6.45) is -0.807. The summed E-state index contributed by atoms with van der Waals surface area (Å²) >= 11 is 0. The summed E-state index contributed by atoms with van der Waals surface area (Å²) in [5, 5.41) is 51.8. The number of hydrogen-bond acceptors (Lipinski definition) is 19. The Morgan fingerprint density at radius 1 is 0.482 bits per heavy atom. The molecule has 1 aromatic heterocycles. The van der Waals surface area contributed by atoms with Gasteiger partial charge in [0, 0.05) is 50.8 Å². The summed E-state index contributed by atoms with van der Waals surface area (Å²) in [6, 6.07) is -2.79. The molecule has 2 aromatic carbocycles. The minimum atomic E-state index is -1.80. The number of aromatic nitrogens is 2. The zero-order valence-corrected chi connectivity index (χ0v) is 63.8. The first-order valence-corrected chi connectivity index (χ1v) is 37.6. The van der Waals surface area contributed by atoms with Gasteiger partial charge in [-0.15, -0.1) is 0 Å². The van der Waals surface area contributed by atoms with Crippen molar-refractivity contribution >= 4 is 88.7 Å². The molecule has 4 heterocycles. The van der Waals surface area contributed by atoms with Crippen molar-refractivity contribution in [3.05, 3.63) is 90.0 Å². The Bertz CT molecular complexity index is 3670. The number of carbonyl (C=O) groups is 14. The maximum atomic E-state index is 15.2. The summed E-state index contributed by atoms with van der Waals surface area (Å²) in [5.41, 5.74) is 24.2. The standard InChI is InChI=1S/C74H112N20O16/c1-9-41(6)58-71(108)89-57(40(4)5)70(107)92-60(43(8)96)73(110)93-31-19-27-53(93)67(104)83-48(26-18-30-80-74(77)78)62(99)91-59(42(7)95)72(109)94-32-20-28-54(94)68(105)88-56(39(2)3)69(106)87-51(35-46-37-79-38-81-46)65(102)85-50(34-45-23-14-11-15-24-45)64(101)84-49(33-44-21-12-10-13-22-44)63(100)82-47(25-16-17-29-75)61(98)86-52(36-55(76)97)66(103)90-58/h10-15,21-24,37-43,47-54,56-60,95-96H,9,16-20,25-36,75H2,1-8H3,(H2,76,97)(H,79,81)(H,82,100)(H,83,104)(H,84,101)(H,85,102)(H,86,98)(H,87,106)(H,88,105)(H,89,108)(H,90,103)(H,91,99)(H,92,107)(H4,77,78,80)/t41-,42+,43+,47-,48-,49-,50-,51-,52-,53-,54-,56-,57-,58-,59-,60-/m0/s1. The van der Waals surface area contributed by atoms with Crippen molar-refractivity contribution in [2.75, 3.05) is 26.2 Å². The Kier molecular flexibility index (Phi) is 34.5. The van der Waals surface area contributed by atoms with Gasteiger partial charge in [-0.2, -0.15) is 0 Å². The quantitative estimate of drug-likeness (QED) is 0.0259. The van der Waals surface area contributed by atoms with Crippen molar-refractivity contribution < 1.29 is 77.3 Å². The maximum Gasteiger partial charge on any atom is 0.248 e. The van der Waals surface area contributed by atoms with Crippen LogP contribution in [-0.2, 0) is 86.4 Å². The number of benzene rings is 2. The molecule has 0 saturated carbocycles. The Hall–Kier alpha value is -10.6. The average Bonchev–Trinajstić information content (AvgIpc) is 1.61. The summed E-state index contributed by atoms with van der Waals surface area (Å²) in [4.78, 5) is 218. The van der Waals surface area contributed by atoms with E-state index in [9.17, 15) is 63.0 Å². The molecule has 0 spiro atoms. The third kappa shape index (κ3) is 26.0. The first-order chi connectivity index (χ1) is 52.2. The number of nitrogens with two attached hydrogens (primary N) is 4. The molecule has 22 N–H and O–H groups in total. The predicted octanol–water partition coefficient (Wildman–Crippen LogP) is -4.06. The minimum absolute atomic E-state index is 0.0302. The highest BCUT2D eigenvalue weighted by molar-refractivity contribution is 6.02. The Labute approximate surface area is 639 Å². The monoisotopic (exact) mass is 1540 g/mol. The zero-order valence-electron chi connectivity index (χ0n) is 63.8. The van der Waals surface area contributed by atoms with Gasteiger partial charge in [0.1, 0.15) is 78.5 Å². The highest BCUT2D eigenvalue weighted by Crippen LogP contribution is 2.24. The molecule has 14 amide bonds. The molecule has 3 aromatic rings. The van der Waals surface area contributed by atoms with Gasteiger partial charge >= 0.3 is 0 Å². The second-order valence-electron chi connectivity index (χ2n) is 29.1. The fourth-order valence-corrected chi connectivity index (χ4v) is 13.3. The lowest BCUT2D eigenvalue weighted by Crippen LogP contribution is -2.63. The summed E-state index contributed by atoms with van der Waals surface area (Å²) < 4.78 is 0. The number of aromatic amines is 1. The topological polar surface area (TPSA) is 563 Å². The van der Waals surface area contributed by atoms with Crippen LogP contribution in [0.1, 0.15) is 143 Å². The average molecular weight is 1540 g/mol. The lowest BCUT2D eigenvalue weighted by molar-refractivity contribution is -0.146. The number of imidazole rings is 1. The Morgan fingerprint density at radius 3 is 1.32 bits per heavy atom. The van der Waals surface area contributed by atoms with Gasteiger partial charge in [-0.25, -0.2) is 4.98 Å². The van der Waals surface area contributed by atoms with Gasteiger partial charge in [0.25, 0.3) is 0 Å². The van der Waals surface area contributed by atoms with E-state index in [2.05, 4.69) is 73.4 Å². The molecule has 0 radical (unpaired) electrons. The van der Waals surface area contributed by atoms with E-state index in [1.54, 1.807) is 102 Å². The van der Waals surface area contributed by atoms with Gasteiger partial charge in [-0.3, -0.25) is 72.1 Å². The molecule has 3 aliphatic rings. The molecule has 604 valence electrons. The number of aliphatic hydroxyl groups is 2. The second kappa shape index (κ2) is 43.0. The predicted molar refractivity (Wildman–Crippen MR) is 402 cm³/mol. The highest BCUT2D eigenvalue weighted by Gasteiger charge is 2.45. The van der Waals surface area contributed by atoms with Gasteiger partial charge in [0.05, 0.1) is 25.0 Å². The van der Waals surface area contributed by atoms with Crippen molar-refractivity contribution in [2.45, 2.75) is 236 Å². The van der Waals surface area contributed by atoms with Crippen LogP contribution in [0, 0.1) is 17.8 Å². The SMILES string of the molecule is CC[C@H](C)[C@@H]1NC(=O)[C@H](CC(N)=O)NC(=O)[C@H](CCCCN)NC(=O)[C@H](Cc2ccccc2)NC(=O)[C@H](Cc2ccccc2)NC(=O)[C@H](Cc2cnc[nH]2)NC(=O)[C@H](C(C)C)NC(=O)[C@@H]2CCCN2C(=O)[C@H]([C@@H](C)O)NC(=O)[C@H](CCCN=C(N)N)NC(=O)[C@@H]2CCCN2C(=O)[C@H]([C@@H](C)O)NC(=O)[C@H](C(C)C)NC1=O. The fraction of sp³-hybridized carbons (Fsp3) is 0.595. The Balaban J connectivity index is 1.44. The van der Waals surface area contributed by atoms with E-state index < -0.39 is 198 Å². The van der Waals surface area contributed by atoms with E-state index in [0.717, 1.165) is 9.80 Å². The van der Waals surface area contributed by atoms with Crippen LogP contribution >= 0.6 is 0 Å². The third-order valence-electron chi connectivity index (χ3n) is 19.7. The first kappa shape index (κ1) is 88.3. The van der Waals surface area contributed by atoms with Crippen LogP contribution in [-0.4, -0.2) is 236 Å². The number of aliphatic hydroxyl groups excluding tert-OH is 2. The zero-order chi connectivity index (χ0) is 81.1. The molecular weight excluding hydrogens is 1420 g/mol. The van der Waals surface area contributed by atoms with Crippen molar-refractivity contribution in [1.29, 1.82) is 0 Å². The number of amides is 14. The van der Waals surface area contributed by atoms with Crippen LogP contribution in [0.5, 0.6) is 0 Å². The van der Waals surface area contributed by atoms with Crippen molar-refractivity contribution in [3.63, 3.8) is 0 Å². The third-order valence-corrected chi connectivity index (χ3v) is 19.7. The minimum Gasteiger partial charge on any atom is -0.391 e. The largest absolute Gasteiger partial charge is 0.391 e. The molecule has 16 atom stereocenters. The first-order valence-electron chi connectivity index (χ1n) is 37.6. The van der Waals surface area contributed by atoms with Crippen LogP contribution in [0.4, 0.5) is 0 Å². The van der Waals surface area contributed by atoms with Crippen LogP contribution in [0.3, 0.4) is 0 Å². The van der Waals surface area contributed by atoms with E-state index in [-0.39, 0.29) is 109 Å². The molecule has 0 bridgehead atoms. The molecule has 3 saturated heterocycles. The fourth-order valence-electron chi connectivity index (χ4n) is 13.3. The van der Waals surface area contributed by atoms with Gasteiger partial charge in [-0.1, -0.05) is 109 Å². The van der Waals surface area contributed by atoms with Gasteiger partial charge < -0.3 is 106 Å². The molecule has 6 rings (SSSR count). The van der Waals surface area contributed by atoms with Gasteiger partial charge in [0.15, 0.2) is 5.96 Å². The van der Waals surface area contributed by atoms with E-state index >= 15 is 14.4 Å². The molecule has 0 aliphatic carbocycles. The van der Waals surface area contributed by atoms with E-state index in [1.165, 1.54) is 26.4 Å². The molecule has 110 heavy (non-hydrogen) atoms. The van der Waals surface area contributed by atoms with Crippen molar-refractivity contribution in [3.8, 4) is 0 Å². The number of nitrogens with zero attached hydrogens (tertiary/aromatic N) is 4. The number of carbonyl (C=O) groups excluding carboxylic acids is 14. The number of primary amides is 1. The van der Waals surface area contributed by atoms with Crippen LogP contribution in [0.25, 0.3) is 0 Å². The molecular formula is C74H112N20O16. The number of H-pyrrole nitrogens is 1. The lowest BCUT2D eigenvalue weighted by Gasteiger charge is -2.33. The molecule has 3 fully saturated rings. The normalized spacial score (nSPS) is 26.4. The van der Waals surface area contributed by atoms with Crippen LogP contribution in [0.15, 0.2) is 78.2 Å². The van der Waals surface area contributed by atoms with E-state index in [1.807, 2.05) is 0 Å². The molecule has 3 aliphatic heterocycles. The number of guanidine groups is 1. The van der Waals surface area contributed by atoms with Crippen molar-refractivity contribution in [1.82, 2.24) is 78.3 Å². The molecule has 0 unspecified atom stereocenters. The number of rotatable bonds is 22.